The first-order valence-electron chi connectivity index (χ1n) is 8.32. The summed E-state index contributed by atoms with van der Waals surface area (Å²) in [6, 6.07) is 6.21. The maximum Gasteiger partial charge on any atom is 0.356 e. The summed E-state index contributed by atoms with van der Waals surface area (Å²) in [4.78, 5) is 0.0286. The summed E-state index contributed by atoms with van der Waals surface area (Å²) >= 11 is 0. The van der Waals surface area contributed by atoms with E-state index < -0.39 is 30.4 Å². The molecule has 1 rings (SSSR count). The van der Waals surface area contributed by atoms with Crippen LogP contribution in [0.25, 0.3) is 0 Å². The Morgan fingerprint density at radius 3 is 2.23 bits per heavy atom. The van der Waals surface area contributed by atoms with Gasteiger partial charge in [0.05, 0.1) is 30.8 Å². The topological polar surface area (TPSA) is 108 Å². The zero-order valence-corrected chi connectivity index (χ0v) is 17.0. The van der Waals surface area contributed by atoms with E-state index >= 15 is 0 Å². The highest BCUT2D eigenvalue weighted by Crippen LogP contribution is 2.47. The lowest BCUT2D eigenvalue weighted by molar-refractivity contribution is 0.0618. The van der Waals surface area contributed by atoms with E-state index in [0.717, 1.165) is 5.56 Å². The Morgan fingerprint density at radius 2 is 1.69 bits per heavy atom. The van der Waals surface area contributed by atoms with Gasteiger partial charge in [0.15, 0.2) is 0 Å². The molecule has 1 aromatic rings. The summed E-state index contributed by atoms with van der Waals surface area (Å²) in [6.45, 7) is 5.36. The molecule has 150 valence electrons. The van der Waals surface area contributed by atoms with Crippen LogP contribution in [-0.2, 0) is 32.7 Å². The van der Waals surface area contributed by atoms with E-state index in [9.17, 15) is 18.1 Å². The Bertz CT molecular complexity index is 664. The van der Waals surface area contributed by atoms with Crippen molar-refractivity contribution in [2.45, 2.75) is 38.2 Å². The fraction of sp³-hybridized carbons (Fsp3) is 0.625. The van der Waals surface area contributed by atoms with Crippen molar-refractivity contribution in [3.8, 4) is 0 Å². The molecule has 0 aromatic heterocycles. The highest BCUT2D eigenvalue weighted by molar-refractivity contribution is 7.86. The van der Waals surface area contributed by atoms with Gasteiger partial charge in [-0.25, -0.2) is 0 Å². The van der Waals surface area contributed by atoms with E-state index in [1.54, 1.807) is 26.0 Å². The maximum absolute atomic E-state index is 12.2. The molecule has 0 aliphatic rings. The molecule has 0 bridgehead atoms. The lowest BCUT2D eigenvalue weighted by Gasteiger charge is -2.17. The fourth-order valence-electron chi connectivity index (χ4n) is 1.93. The molecule has 10 heteroatoms. The number of ether oxygens (including phenoxy) is 1. The predicted octanol–water partition coefficient (Wildman–Crippen LogP) is 2.69. The van der Waals surface area contributed by atoms with Crippen LogP contribution in [0.4, 0.5) is 0 Å². The van der Waals surface area contributed by atoms with E-state index in [1.165, 1.54) is 12.1 Å². The van der Waals surface area contributed by atoms with Crippen molar-refractivity contribution in [2.75, 3.05) is 32.8 Å². The first-order valence-corrected chi connectivity index (χ1v) is 11.5. The Labute approximate surface area is 155 Å². The lowest BCUT2D eigenvalue weighted by atomic mass is 10.2. The van der Waals surface area contributed by atoms with Crippen molar-refractivity contribution in [3.63, 3.8) is 0 Å². The zero-order chi connectivity index (χ0) is 19.6. The molecule has 0 aliphatic heterocycles. The molecule has 0 fully saturated rings. The van der Waals surface area contributed by atoms with Crippen molar-refractivity contribution >= 4 is 17.7 Å². The largest absolute Gasteiger partial charge is 0.391 e. The van der Waals surface area contributed by atoms with Crippen LogP contribution in [0.15, 0.2) is 29.2 Å². The van der Waals surface area contributed by atoms with Crippen molar-refractivity contribution in [1.29, 1.82) is 0 Å². The molecule has 0 amide bonds. The predicted molar refractivity (Wildman–Crippen MR) is 96.6 cm³/mol. The summed E-state index contributed by atoms with van der Waals surface area (Å²) in [5.41, 5.74) is 0.928. The standard InChI is InChI=1S/C16H27O8PS/c1-4-22-25(18,23-5-2)13-21-11-10-15(17)12-24-26(19,20)16-8-6-14(3)7-9-16/h6-9,15,17H,4-5,10-13H2,1-3H3. The zero-order valence-electron chi connectivity index (χ0n) is 15.3. The van der Waals surface area contributed by atoms with Gasteiger partial charge in [-0.05, 0) is 39.3 Å². The van der Waals surface area contributed by atoms with Crippen molar-refractivity contribution in [1.82, 2.24) is 0 Å². The molecule has 0 aliphatic carbocycles. The Balaban J connectivity index is 2.37. The van der Waals surface area contributed by atoms with Crippen molar-refractivity contribution < 1.29 is 36.1 Å². The average Bonchev–Trinajstić information content (AvgIpc) is 2.58. The first kappa shape index (κ1) is 23.2. The number of hydrogen-bond donors (Lipinski definition) is 1. The van der Waals surface area contributed by atoms with Gasteiger partial charge in [-0.15, -0.1) is 0 Å². The Kier molecular flexibility index (Phi) is 9.95. The molecular weight excluding hydrogens is 383 g/mol. The Hall–Kier alpha value is -0.800. The third-order valence-corrected chi connectivity index (χ3v) is 6.32. The van der Waals surface area contributed by atoms with Crippen LogP contribution in [0, 0.1) is 6.92 Å². The summed E-state index contributed by atoms with van der Waals surface area (Å²) in [6.07, 6.45) is -1.17. The summed E-state index contributed by atoms with van der Waals surface area (Å²) in [5, 5.41) is 9.84. The van der Waals surface area contributed by atoms with E-state index in [-0.39, 0.29) is 37.5 Å². The molecular formula is C16H27O8PS. The molecule has 1 atom stereocenters. The Morgan fingerprint density at radius 1 is 1.12 bits per heavy atom. The van der Waals surface area contributed by atoms with Gasteiger partial charge in [-0.3, -0.25) is 8.75 Å². The van der Waals surface area contributed by atoms with Crippen LogP contribution in [0.5, 0.6) is 0 Å². The molecule has 1 unspecified atom stereocenters. The second kappa shape index (κ2) is 11.1. The van der Waals surface area contributed by atoms with Crippen LogP contribution in [0.2, 0.25) is 0 Å². The minimum Gasteiger partial charge on any atom is -0.391 e. The number of aryl methyl sites for hydroxylation is 1. The third kappa shape index (κ3) is 8.26. The van der Waals surface area contributed by atoms with Gasteiger partial charge in [-0.1, -0.05) is 17.7 Å². The minimum atomic E-state index is -3.93. The van der Waals surface area contributed by atoms with Gasteiger partial charge in [-0.2, -0.15) is 8.42 Å². The van der Waals surface area contributed by atoms with Crippen molar-refractivity contribution in [3.05, 3.63) is 29.8 Å². The highest BCUT2D eigenvalue weighted by atomic mass is 32.2. The van der Waals surface area contributed by atoms with E-state index in [0.29, 0.717) is 0 Å². The van der Waals surface area contributed by atoms with Gasteiger partial charge in [0.1, 0.15) is 6.35 Å². The maximum atomic E-state index is 12.2. The summed E-state index contributed by atoms with van der Waals surface area (Å²) < 4.78 is 56.4. The highest BCUT2D eigenvalue weighted by Gasteiger charge is 2.24. The number of hydrogen-bond acceptors (Lipinski definition) is 8. The van der Waals surface area contributed by atoms with Crippen LogP contribution in [0.1, 0.15) is 25.8 Å². The quantitative estimate of drug-likeness (QED) is 0.300. The molecule has 0 saturated carbocycles. The van der Waals surface area contributed by atoms with Gasteiger partial charge < -0.3 is 18.9 Å². The third-order valence-electron chi connectivity index (χ3n) is 3.22. The van der Waals surface area contributed by atoms with Gasteiger partial charge >= 0.3 is 7.60 Å². The molecule has 0 heterocycles. The fourth-order valence-corrected chi connectivity index (χ4v) is 4.23. The molecule has 8 nitrogen and oxygen atoms in total. The molecule has 0 radical (unpaired) electrons. The summed E-state index contributed by atoms with van der Waals surface area (Å²) in [5.74, 6) is 0. The number of aliphatic hydroxyl groups is 1. The monoisotopic (exact) mass is 410 g/mol. The van der Waals surface area contributed by atoms with Crippen LogP contribution >= 0.6 is 7.60 Å². The van der Waals surface area contributed by atoms with Crippen LogP contribution in [-0.4, -0.2) is 52.4 Å². The SMILES string of the molecule is CCOP(=O)(COCCC(O)COS(=O)(=O)c1ccc(C)cc1)OCC. The molecule has 0 spiro atoms. The minimum absolute atomic E-state index is 0.0286. The molecule has 0 saturated heterocycles. The summed E-state index contributed by atoms with van der Waals surface area (Å²) in [7, 11) is -7.22. The normalized spacial score (nSPS) is 13.7. The van der Waals surface area contributed by atoms with E-state index in [1.807, 2.05) is 6.92 Å². The number of aliphatic hydroxyl groups excluding tert-OH is 1. The van der Waals surface area contributed by atoms with Gasteiger partial charge in [0.2, 0.25) is 0 Å². The molecule has 26 heavy (non-hydrogen) atoms. The lowest BCUT2D eigenvalue weighted by Crippen LogP contribution is -2.21. The smallest absolute Gasteiger partial charge is 0.356 e. The first-order chi connectivity index (χ1) is 12.2. The van der Waals surface area contributed by atoms with Crippen molar-refractivity contribution in [2.24, 2.45) is 0 Å². The second-order valence-corrected chi connectivity index (χ2v) is 9.09. The number of benzene rings is 1. The van der Waals surface area contributed by atoms with Gasteiger partial charge in [0.25, 0.3) is 10.1 Å². The van der Waals surface area contributed by atoms with E-state index in [4.69, 9.17) is 18.0 Å². The van der Waals surface area contributed by atoms with Gasteiger partial charge in [0, 0.05) is 6.61 Å². The average molecular weight is 410 g/mol. The molecule has 1 aromatic carbocycles. The second-order valence-electron chi connectivity index (χ2n) is 5.48. The molecule has 1 N–H and O–H groups in total. The number of rotatable bonds is 13. The van der Waals surface area contributed by atoms with Crippen LogP contribution < -0.4 is 0 Å². The van der Waals surface area contributed by atoms with E-state index in [2.05, 4.69) is 0 Å². The van der Waals surface area contributed by atoms with Crippen LogP contribution in [0.3, 0.4) is 0 Å².